The minimum atomic E-state index is -4.56. The molecular weight excluding hydrogens is 473 g/mol. The number of benzene rings is 1. The number of hydrogen-bond acceptors (Lipinski definition) is 7. The summed E-state index contributed by atoms with van der Waals surface area (Å²) >= 11 is 1.24. The molecule has 13 heteroatoms. The van der Waals surface area contributed by atoms with Crippen LogP contribution in [-0.4, -0.2) is 64.7 Å². The highest BCUT2D eigenvalue weighted by atomic mass is 32.2. The van der Waals surface area contributed by atoms with Crippen LogP contribution in [0.25, 0.3) is 0 Å². The maximum absolute atomic E-state index is 13.3. The van der Waals surface area contributed by atoms with Gasteiger partial charge in [-0.2, -0.15) is 13.2 Å². The molecule has 1 aliphatic carbocycles. The van der Waals surface area contributed by atoms with E-state index in [1.807, 2.05) is 0 Å². The van der Waals surface area contributed by atoms with Crippen molar-refractivity contribution in [1.82, 2.24) is 14.8 Å². The molecule has 9 nitrogen and oxygen atoms in total. The fourth-order valence-electron chi connectivity index (χ4n) is 4.07. The number of aromatic nitrogens is 3. The Labute approximate surface area is 197 Å². The van der Waals surface area contributed by atoms with Crippen molar-refractivity contribution in [3.8, 4) is 0 Å². The molecule has 3 aliphatic rings. The normalized spacial score (nSPS) is 19.6. The van der Waals surface area contributed by atoms with E-state index in [0.29, 0.717) is 31.5 Å². The second-order valence-electron chi connectivity index (χ2n) is 8.45. The number of hydrogen-bond donors (Lipinski definition) is 1. The van der Waals surface area contributed by atoms with Gasteiger partial charge in [0, 0.05) is 19.1 Å². The lowest BCUT2D eigenvalue weighted by Gasteiger charge is -2.31. The number of carbonyl (C=O) groups excluding carboxylic acids is 2. The lowest BCUT2D eigenvalue weighted by atomic mass is 10.1. The lowest BCUT2D eigenvalue weighted by molar-refractivity contribution is -0.137. The number of alkyl halides is 3. The van der Waals surface area contributed by atoms with Crippen molar-refractivity contribution in [2.45, 2.75) is 42.4 Å². The molecule has 1 N–H and O–H groups in total. The Hall–Kier alpha value is -2.80. The number of halogens is 3. The minimum Gasteiger partial charge on any atom is -0.378 e. The van der Waals surface area contributed by atoms with Gasteiger partial charge in [-0.25, -0.2) is 0 Å². The molecule has 0 radical (unpaired) electrons. The second kappa shape index (κ2) is 8.77. The first-order chi connectivity index (χ1) is 16.2. The van der Waals surface area contributed by atoms with Crippen molar-refractivity contribution >= 4 is 40.9 Å². The van der Waals surface area contributed by atoms with Gasteiger partial charge in [0.05, 0.1) is 35.4 Å². The van der Waals surface area contributed by atoms with E-state index in [9.17, 15) is 22.8 Å². The molecule has 2 amide bonds. The first-order valence-corrected chi connectivity index (χ1v) is 11.9. The van der Waals surface area contributed by atoms with Gasteiger partial charge in [-0.3, -0.25) is 19.1 Å². The molecule has 182 valence electrons. The van der Waals surface area contributed by atoms with E-state index in [-0.39, 0.29) is 29.9 Å². The molecular formula is C21H23F3N6O3S. The zero-order valence-electron chi connectivity index (χ0n) is 18.3. The third-order valence-corrected chi connectivity index (χ3v) is 6.98. The third kappa shape index (κ3) is 4.45. The van der Waals surface area contributed by atoms with E-state index in [4.69, 9.17) is 4.74 Å². The van der Waals surface area contributed by atoms with Crippen molar-refractivity contribution in [3.05, 3.63) is 23.8 Å². The number of morpholine rings is 1. The van der Waals surface area contributed by atoms with E-state index < -0.39 is 22.9 Å². The van der Waals surface area contributed by atoms with Gasteiger partial charge in [0.15, 0.2) is 5.16 Å². The fraction of sp³-hybridized carbons (Fsp3) is 0.524. The molecule has 5 rings (SSSR count). The van der Waals surface area contributed by atoms with Crippen molar-refractivity contribution in [1.29, 1.82) is 0 Å². The zero-order chi connectivity index (χ0) is 24.0. The highest BCUT2D eigenvalue weighted by Crippen LogP contribution is 2.42. The molecule has 34 heavy (non-hydrogen) atoms. The molecule has 3 heterocycles. The van der Waals surface area contributed by atoms with E-state index in [0.717, 1.165) is 30.9 Å². The topological polar surface area (TPSA) is 92.6 Å². The number of anilines is 3. The molecule has 1 atom stereocenters. The Balaban J connectivity index is 1.37. The van der Waals surface area contributed by atoms with E-state index in [2.05, 4.69) is 25.0 Å². The van der Waals surface area contributed by atoms with Crippen molar-refractivity contribution in [2.75, 3.05) is 48.0 Å². The average molecular weight is 497 g/mol. The Morgan fingerprint density at radius 3 is 2.65 bits per heavy atom. The van der Waals surface area contributed by atoms with Crippen LogP contribution in [0.4, 0.5) is 30.5 Å². The van der Waals surface area contributed by atoms with Gasteiger partial charge in [0.2, 0.25) is 17.8 Å². The van der Waals surface area contributed by atoms with Crippen LogP contribution in [0.5, 0.6) is 0 Å². The maximum Gasteiger partial charge on any atom is 0.416 e. The van der Waals surface area contributed by atoms with Gasteiger partial charge < -0.3 is 15.0 Å². The molecule has 0 spiro atoms. The molecule has 2 aliphatic heterocycles. The molecule has 2 aromatic rings. The van der Waals surface area contributed by atoms with E-state index in [1.54, 1.807) is 6.92 Å². The summed E-state index contributed by atoms with van der Waals surface area (Å²) in [6.45, 7) is 4.08. The molecule has 1 aromatic carbocycles. The van der Waals surface area contributed by atoms with Crippen molar-refractivity contribution < 1.29 is 27.5 Å². The first kappa shape index (κ1) is 23.0. The van der Waals surface area contributed by atoms with Crippen LogP contribution in [0.2, 0.25) is 0 Å². The Morgan fingerprint density at radius 1 is 1.24 bits per heavy atom. The summed E-state index contributed by atoms with van der Waals surface area (Å²) in [7, 11) is 0. The predicted octanol–water partition coefficient (Wildman–Crippen LogP) is 2.93. The van der Waals surface area contributed by atoms with Crippen molar-refractivity contribution in [2.24, 2.45) is 0 Å². The van der Waals surface area contributed by atoms with E-state index in [1.165, 1.54) is 22.7 Å². The standard InChI is InChI=1S/C21H23F3N6O3S/c1-12(34-20-27-26-19(30(20)14-3-4-14)28-6-8-33-9-7-28)18(32)29-11-17(31)25-15-10-13(21(22,23)24)2-5-16(15)29/h2,5,10,12,14H,3-4,6-9,11H2,1H3,(H,25,31). The third-order valence-electron chi connectivity index (χ3n) is 5.94. The minimum absolute atomic E-state index is 0.0348. The van der Waals surface area contributed by atoms with Crippen LogP contribution in [0.1, 0.15) is 31.4 Å². The van der Waals surface area contributed by atoms with Gasteiger partial charge in [-0.15, -0.1) is 10.2 Å². The van der Waals surface area contributed by atoms with Crippen LogP contribution in [0.3, 0.4) is 0 Å². The summed E-state index contributed by atoms with van der Waals surface area (Å²) < 4.78 is 46.8. The summed E-state index contributed by atoms with van der Waals surface area (Å²) in [5, 5.41) is 11.1. The van der Waals surface area contributed by atoms with Crippen LogP contribution in [0, 0.1) is 0 Å². The largest absolute Gasteiger partial charge is 0.416 e. The highest BCUT2D eigenvalue weighted by molar-refractivity contribution is 8.00. The van der Waals surface area contributed by atoms with Gasteiger partial charge in [0.25, 0.3) is 0 Å². The fourth-order valence-corrected chi connectivity index (χ4v) is 5.05. The van der Waals surface area contributed by atoms with Gasteiger partial charge in [-0.1, -0.05) is 11.8 Å². The Morgan fingerprint density at radius 2 is 1.97 bits per heavy atom. The SMILES string of the molecule is CC(Sc1nnc(N2CCOCC2)n1C1CC1)C(=O)N1CC(=O)Nc2cc(C(F)(F)F)ccc21. The number of rotatable bonds is 5. The van der Waals surface area contributed by atoms with Crippen LogP contribution in [-0.2, 0) is 20.5 Å². The smallest absolute Gasteiger partial charge is 0.378 e. The summed E-state index contributed by atoms with van der Waals surface area (Å²) in [5.74, 6) is -0.178. The molecule has 2 fully saturated rings. The van der Waals surface area contributed by atoms with Gasteiger partial charge in [0.1, 0.15) is 6.54 Å². The number of amides is 2. The van der Waals surface area contributed by atoms with Crippen LogP contribution < -0.4 is 15.1 Å². The lowest BCUT2D eigenvalue weighted by Crippen LogP contribution is -2.45. The Bertz CT molecular complexity index is 1110. The number of thioether (sulfide) groups is 1. The molecule has 0 bridgehead atoms. The maximum atomic E-state index is 13.3. The number of nitrogens with zero attached hydrogens (tertiary/aromatic N) is 5. The summed E-state index contributed by atoms with van der Waals surface area (Å²) in [6, 6.07) is 3.26. The predicted molar refractivity (Wildman–Crippen MR) is 119 cm³/mol. The zero-order valence-corrected chi connectivity index (χ0v) is 19.2. The monoisotopic (exact) mass is 496 g/mol. The van der Waals surface area contributed by atoms with Crippen molar-refractivity contribution in [3.63, 3.8) is 0 Å². The summed E-state index contributed by atoms with van der Waals surface area (Å²) in [5.41, 5.74) is -0.688. The number of carbonyl (C=O) groups is 2. The van der Waals surface area contributed by atoms with Crippen LogP contribution in [0.15, 0.2) is 23.4 Å². The molecule has 1 saturated carbocycles. The van der Waals surface area contributed by atoms with Gasteiger partial charge >= 0.3 is 6.18 Å². The second-order valence-corrected chi connectivity index (χ2v) is 9.75. The summed E-state index contributed by atoms with van der Waals surface area (Å²) in [4.78, 5) is 28.8. The van der Waals surface area contributed by atoms with E-state index >= 15 is 0 Å². The van der Waals surface area contributed by atoms with Crippen LogP contribution >= 0.6 is 11.8 Å². The highest BCUT2D eigenvalue weighted by Gasteiger charge is 2.37. The quantitative estimate of drug-likeness (QED) is 0.637. The molecule has 1 saturated heterocycles. The number of fused-ring (bicyclic) bond motifs is 1. The number of ether oxygens (including phenoxy) is 1. The Kier molecular flexibility index (Phi) is 5.92. The van der Waals surface area contributed by atoms with Gasteiger partial charge in [-0.05, 0) is 38.0 Å². The number of nitrogens with one attached hydrogen (secondary N) is 1. The molecule has 1 unspecified atom stereocenters. The summed E-state index contributed by atoms with van der Waals surface area (Å²) in [6.07, 6.45) is -2.54. The molecule has 1 aromatic heterocycles. The first-order valence-electron chi connectivity index (χ1n) is 11.0. The average Bonchev–Trinajstić information content (AvgIpc) is 3.57.